The minimum atomic E-state index is -0.491. The van der Waals surface area contributed by atoms with Crippen molar-refractivity contribution in [3.8, 4) is 0 Å². The van der Waals surface area contributed by atoms with Crippen LogP contribution in [0.1, 0.15) is 19.8 Å². The van der Waals surface area contributed by atoms with Gasteiger partial charge in [0.2, 0.25) is 0 Å². The summed E-state index contributed by atoms with van der Waals surface area (Å²) in [5, 5.41) is 0. The van der Waals surface area contributed by atoms with E-state index in [4.69, 9.17) is 0 Å². The second-order valence-corrected chi connectivity index (χ2v) is 2.72. The molecule has 4 nitrogen and oxygen atoms in total. The molecule has 0 saturated heterocycles. The molecular formula is C8H14B2O4. The Balaban J connectivity index is 3.45. The average Bonchev–Trinajstić information content (AvgIpc) is 2.15. The van der Waals surface area contributed by atoms with Crippen LogP contribution in [0.2, 0.25) is 12.6 Å². The zero-order valence-corrected chi connectivity index (χ0v) is 8.62. The topological polar surface area (TPSA) is 52.6 Å². The molecule has 0 fully saturated rings. The number of Topliss-reactive ketones (excluding diaryl/α,β-unsaturated/α-hetero) is 1. The molecule has 0 aliphatic rings. The number of hydrogen-bond donors (Lipinski definition) is 0. The lowest BCUT2D eigenvalue weighted by Gasteiger charge is -2.01. The minimum absolute atomic E-state index is 0.132. The van der Waals surface area contributed by atoms with Gasteiger partial charge in [-0.05, 0) is 12.6 Å². The molecule has 0 unspecified atom stereocenters. The van der Waals surface area contributed by atoms with E-state index in [1.807, 2.05) is 6.92 Å². The van der Waals surface area contributed by atoms with Crippen molar-refractivity contribution in [1.82, 2.24) is 0 Å². The standard InChI is InChI=1S/C8H14B2O4/c1-3-9-14-8(12)6-7(11)4-5-10-13-2/h3-6H2,1-2H3. The molecule has 0 rings (SSSR count). The smallest absolute Gasteiger partial charge is 0.373 e. The first-order valence-electron chi connectivity index (χ1n) is 4.58. The maximum absolute atomic E-state index is 11.1. The summed E-state index contributed by atoms with van der Waals surface area (Å²) < 4.78 is 9.30. The Morgan fingerprint density at radius 3 is 2.57 bits per heavy atom. The molecule has 0 bridgehead atoms. The van der Waals surface area contributed by atoms with E-state index in [1.165, 1.54) is 22.1 Å². The second kappa shape index (κ2) is 8.81. The van der Waals surface area contributed by atoms with Gasteiger partial charge in [0, 0.05) is 13.5 Å². The lowest BCUT2D eigenvalue weighted by atomic mass is 9.91. The van der Waals surface area contributed by atoms with Gasteiger partial charge in [-0.1, -0.05) is 6.92 Å². The van der Waals surface area contributed by atoms with Crippen LogP contribution in [-0.2, 0) is 18.9 Å². The van der Waals surface area contributed by atoms with Crippen LogP contribution in [-0.4, -0.2) is 33.8 Å². The molecule has 0 aromatic carbocycles. The van der Waals surface area contributed by atoms with E-state index in [1.54, 1.807) is 0 Å². The Morgan fingerprint density at radius 2 is 2.00 bits per heavy atom. The summed E-state index contributed by atoms with van der Waals surface area (Å²) in [5.41, 5.74) is 0. The molecule has 0 amide bonds. The van der Waals surface area contributed by atoms with E-state index in [0.29, 0.717) is 19.1 Å². The first-order valence-corrected chi connectivity index (χ1v) is 4.58. The van der Waals surface area contributed by atoms with Gasteiger partial charge in [0.15, 0.2) is 0 Å². The summed E-state index contributed by atoms with van der Waals surface area (Å²) in [7, 11) is 4.44. The van der Waals surface area contributed by atoms with Crippen LogP contribution in [0.15, 0.2) is 0 Å². The van der Waals surface area contributed by atoms with Gasteiger partial charge < -0.3 is 9.31 Å². The van der Waals surface area contributed by atoms with Crippen molar-refractivity contribution in [1.29, 1.82) is 0 Å². The van der Waals surface area contributed by atoms with E-state index in [0.717, 1.165) is 0 Å². The number of carbonyl (C=O) groups excluding carboxylic acids is 2. The molecule has 2 radical (unpaired) electrons. The van der Waals surface area contributed by atoms with Crippen LogP contribution in [0.5, 0.6) is 0 Å². The molecule has 0 N–H and O–H groups in total. The zero-order chi connectivity index (χ0) is 10.8. The number of ketones is 1. The third-order valence-corrected chi connectivity index (χ3v) is 1.43. The quantitative estimate of drug-likeness (QED) is 0.324. The summed E-state index contributed by atoms with van der Waals surface area (Å²) >= 11 is 0. The Morgan fingerprint density at radius 1 is 1.29 bits per heavy atom. The van der Waals surface area contributed by atoms with E-state index in [9.17, 15) is 9.59 Å². The van der Waals surface area contributed by atoms with Crippen molar-refractivity contribution in [3.05, 3.63) is 0 Å². The van der Waals surface area contributed by atoms with Crippen LogP contribution in [0, 0.1) is 0 Å². The Hall–Kier alpha value is -0.770. The van der Waals surface area contributed by atoms with Crippen LogP contribution in [0.4, 0.5) is 0 Å². The fourth-order valence-electron chi connectivity index (χ4n) is 0.805. The van der Waals surface area contributed by atoms with Crippen LogP contribution in [0.25, 0.3) is 0 Å². The summed E-state index contributed by atoms with van der Waals surface area (Å²) in [6.45, 7) is 1.85. The second-order valence-electron chi connectivity index (χ2n) is 2.72. The highest BCUT2D eigenvalue weighted by Gasteiger charge is 2.10. The zero-order valence-electron chi connectivity index (χ0n) is 8.62. The summed E-state index contributed by atoms with van der Waals surface area (Å²) in [6, 6.07) is 0. The molecule has 0 saturated carbocycles. The van der Waals surface area contributed by atoms with Gasteiger partial charge in [0.25, 0.3) is 13.5 Å². The largest absolute Gasteiger partial charge is 0.538 e. The van der Waals surface area contributed by atoms with Gasteiger partial charge in [-0.25, -0.2) is 0 Å². The summed E-state index contributed by atoms with van der Waals surface area (Å²) in [5.74, 6) is -0.623. The SMILES string of the molecule is CC[B]OC(=O)CC(=O)CC[B]OC. The van der Waals surface area contributed by atoms with Crippen LogP contribution < -0.4 is 0 Å². The Bertz CT molecular complexity index is 184. The van der Waals surface area contributed by atoms with Gasteiger partial charge in [-0.15, -0.1) is 0 Å². The van der Waals surface area contributed by atoms with E-state index in [-0.39, 0.29) is 12.2 Å². The Kier molecular flexibility index (Phi) is 8.33. The molecule has 6 heteroatoms. The van der Waals surface area contributed by atoms with Crippen molar-refractivity contribution < 1.29 is 18.9 Å². The molecule has 14 heavy (non-hydrogen) atoms. The molecule has 0 aliphatic carbocycles. The van der Waals surface area contributed by atoms with Gasteiger partial charge in [-0.3, -0.25) is 9.59 Å². The molecular weight excluding hydrogens is 182 g/mol. The predicted octanol–water partition coefficient (Wildman–Crippen LogP) is 0.620. The van der Waals surface area contributed by atoms with Gasteiger partial charge in [0.05, 0.1) is 0 Å². The van der Waals surface area contributed by atoms with Crippen molar-refractivity contribution >= 4 is 26.7 Å². The first kappa shape index (κ1) is 13.2. The molecule has 0 aromatic heterocycles. The molecule has 76 valence electrons. The molecule has 0 spiro atoms. The molecule has 0 heterocycles. The predicted molar refractivity (Wildman–Crippen MR) is 54.1 cm³/mol. The number of carbonyl (C=O) groups is 2. The molecule has 0 atom stereocenters. The normalized spacial score (nSPS) is 9.29. The van der Waals surface area contributed by atoms with E-state index < -0.39 is 5.97 Å². The summed E-state index contributed by atoms with van der Waals surface area (Å²) in [4.78, 5) is 22.0. The highest BCUT2D eigenvalue weighted by Crippen LogP contribution is 1.97. The van der Waals surface area contributed by atoms with Crippen LogP contribution >= 0.6 is 0 Å². The average molecular weight is 196 g/mol. The third kappa shape index (κ3) is 7.86. The minimum Gasteiger partial charge on any atom is -0.538 e. The van der Waals surface area contributed by atoms with Crippen molar-refractivity contribution in [3.63, 3.8) is 0 Å². The van der Waals surface area contributed by atoms with Crippen molar-refractivity contribution in [2.24, 2.45) is 0 Å². The van der Waals surface area contributed by atoms with Gasteiger partial charge in [0.1, 0.15) is 12.2 Å². The fourth-order valence-corrected chi connectivity index (χ4v) is 0.805. The van der Waals surface area contributed by atoms with Gasteiger partial charge in [-0.2, -0.15) is 0 Å². The monoisotopic (exact) mass is 196 g/mol. The molecule has 0 aromatic rings. The Labute approximate surface area is 85.9 Å². The number of hydrogen-bond acceptors (Lipinski definition) is 4. The van der Waals surface area contributed by atoms with Crippen molar-refractivity contribution in [2.45, 2.75) is 32.4 Å². The third-order valence-electron chi connectivity index (χ3n) is 1.43. The maximum atomic E-state index is 11.1. The number of rotatable bonds is 8. The van der Waals surface area contributed by atoms with E-state index >= 15 is 0 Å². The lowest BCUT2D eigenvalue weighted by molar-refractivity contribution is -0.137. The van der Waals surface area contributed by atoms with Crippen LogP contribution in [0.3, 0.4) is 0 Å². The van der Waals surface area contributed by atoms with Crippen molar-refractivity contribution in [2.75, 3.05) is 7.11 Å². The maximum Gasteiger partial charge on any atom is 0.373 e. The fraction of sp³-hybridized carbons (Fsp3) is 0.750. The highest BCUT2D eigenvalue weighted by atomic mass is 16.5. The van der Waals surface area contributed by atoms with E-state index in [2.05, 4.69) is 9.31 Å². The van der Waals surface area contributed by atoms with Gasteiger partial charge >= 0.3 is 7.48 Å². The molecule has 0 aliphatic heterocycles. The summed E-state index contributed by atoms with van der Waals surface area (Å²) in [6.07, 6.45) is 1.33. The first-order chi connectivity index (χ1) is 6.70. The highest BCUT2D eigenvalue weighted by molar-refractivity contribution is 6.31. The lowest BCUT2D eigenvalue weighted by Crippen LogP contribution is -2.13.